The lowest BCUT2D eigenvalue weighted by Crippen LogP contribution is -2.19. The summed E-state index contributed by atoms with van der Waals surface area (Å²) in [7, 11) is 0. The number of hydrogen-bond donors (Lipinski definition) is 0. The largest absolute Gasteiger partial charge is 0.457 e. The minimum absolute atomic E-state index is 0.321. The lowest BCUT2D eigenvalue weighted by Gasteiger charge is -2.14. The van der Waals surface area contributed by atoms with E-state index in [0.717, 1.165) is 5.56 Å². The molecule has 4 heteroatoms. The van der Waals surface area contributed by atoms with Gasteiger partial charge >= 0.3 is 5.97 Å². The quantitative estimate of drug-likeness (QED) is 0.603. The van der Waals surface area contributed by atoms with Gasteiger partial charge in [0.05, 0.1) is 5.92 Å². The molecule has 2 aromatic carbocycles. The van der Waals surface area contributed by atoms with Crippen molar-refractivity contribution >= 4 is 11.8 Å². The van der Waals surface area contributed by atoms with Gasteiger partial charge in [0.25, 0.3) is 0 Å². The van der Waals surface area contributed by atoms with Crippen LogP contribution < -0.4 is 0 Å². The molecule has 2 aromatic rings. The minimum Gasteiger partial charge on any atom is -0.457 e. The van der Waals surface area contributed by atoms with Gasteiger partial charge in [0.1, 0.15) is 5.82 Å². The summed E-state index contributed by atoms with van der Waals surface area (Å²) in [4.78, 5) is 24.0. The molecule has 22 heavy (non-hydrogen) atoms. The smallest absolute Gasteiger partial charge is 0.313 e. The Bertz CT molecular complexity index is 635. The van der Waals surface area contributed by atoms with E-state index in [1.54, 1.807) is 0 Å². The molecule has 0 aliphatic rings. The highest BCUT2D eigenvalue weighted by atomic mass is 19.1. The topological polar surface area (TPSA) is 43.4 Å². The van der Waals surface area contributed by atoms with Crippen LogP contribution in [0.4, 0.5) is 4.39 Å². The fraction of sp³-hybridized carbons (Fsp3) is 0.222. The van der Waals surface area contributed by atoms with Crippen molar-refractivity contribution in [3.8, 4) is 0 Å². The van der Waals surface area contributed by atoms with Crippen LogP contribution in [-0.4, -0.2) is 18.4 Å². The first-order valence-corrected chi connectivity index (χ1v) is 7.12. The average Bonchev–Trinajstić information content (AvgIpc) is 2.55. The van der Waals surface area contributed by atoms with Crippen LogP contribution in [0.3, 0.4) is 0 Å². The summed E-state index contributed by atoms with van der Waals surface area (Å²) in [6.45, 7) is 1.55. The molecule has 2 rings (SSSR count). The molecule has 0 saturated heterocycles. The number of esters is 1. The first-order chi connectivity index (χ1) is 10.6. The molecule has 0 fully saturated rings. The van der Waals surface area contributed by atoms with Crippen molar-refractivity contribution in [3.63, 3.8) is 0 Å². The highest BCUT2D eigenvalue weighted by Gasteiger charge is 2.21. The Morgan fingerprint density at radius 3 is 2.27 bits per heavy atom. The van der Waals surface area contributed by atoms with Crippen LogP contribution >= 0.6 is 0 Å². The van der Waals surface area contributed by atoms with Crippen LogP contribution in [-0.2, 0) is 9.53 Å². The first-order valence-electron chi connectivity index (χ1n) is 7.12. The van der Waals surface area contributed by atoms with Crippen LogP contribution in [0.2, 0.25) is 0 Å². The predicted octanol–water partition coefficient (Wildman–Crippen LogP) is 3.75. The zero-order valence-corrected chi connectivity index (χ0v) is 12.3. The molecule has 0 heterocycles. The molecule has 0 spiro atoms. The molecule has 0 bridgehead atoms. The molecule has 0 amide bonds. The zero-order valence-electron chi connectivity index (χ0n) is 12.3. The second kappa shape index (κ2) is 7.50. The van der Waals surface area contributed by atoms with Crippen molar-refractivity contribution in [2.24, 2.45) is 0 Å². The standard InChI is InChI=1S/C18H17FO3/c1-2-16(13-6-4-3-5-7-13)18(21)22-12-17(20)14-8-10-15(19)11-9-14/h3-11,16H,2,12H2,1H3. The summed E-state index contributed by atoms with van der Waals surface area (Å²) >= 11 is 0. The van der Waals surface area contributed by atoms with Crippen molar-refractivity contribution in [1.82, 2.24) is 0 Å². The molecule has 0 aliphatic heterocycles. The van der Waals surface area contributed by atoms with Crippen LogP contribution in [0.25, 0.3) is 0 Å². The third kappa shape index (κ3) is 4.01. The molecule has 0 aliphatic carbocycles. The van der Waals surface area contributed by atoms with Gasteiger partial charge in [0, 0.05) is 5.56 Å². The maximum Gasteiger partial charge on any atom is 0.313 e. The van der Waals surface area contributed by atoms with E-state index in [9.17, 15) is 14.0 Å². The van der Waals surface area contributed by atoms with E-state index in [-0.39, 0.29) is 18.3 Å². The fourth-order valence-electron chi connectivity index (χ4n) is 2.18. The molecule has 0 aromatic heterocycles. The number of carbonyl (C=O) groups is 2. The highest BCUT2D eigenvalue weighted by molar-refractivity contribution is 5.98. The molecule has 1 unspecified atom stereocenters. The second-order valence-corrected chi connectivity index (χ2v) is 4.91. The maximum atomic E-state index is 12.8. The van der Waals surface area contributed by atoms with E-state index in [4.69, 9.17) is 4.74 Å². The van der Waals surface area contributed by atoms with Crippen molar-refractivity contribution in [1.29, 1.82) is 0 Å². The molecule has 3 nitrogen and oxygen atoms in total. The molecule has 114 valence electrons. The number of halogens is 1. The van der Waals surface area contributed by atoms with Crippen molar-refractivity contribution in [2.45, 2.75) is 19.3 Å². The Morgan fingerprint density at radius 1 is 1.05 bits per heavy atom. The summed E-state index contributed by atoms with van der Waals surface area (Å²) in [5, 5.41) is 0. The predicted molar refractivity (Wildman–Crippen MR) is 81.2 cm³/mol. The van der Waals surface area contributed by atoms with Crippen LogP contribution in [0, 0.1) is 5.82 Å². The lowest BCUT2D eigenvalue weighted by molar-refractivity contribution is -0.144. The third-order valence-electron chi connectivity index (χ3n) is 3.41. The van der Waals surface area contributed by atoms with Gasteiger partial charge in [-0.3, -0.25) is 9.59 Å². The van der Waals surface area contributed by atoms with Gasteiger partial charge < -0.3 is 4.74 Å². The molecule has 1 atom stereocenters. The Balaban J connectivity index is 1.96. The summed E-state index contributed by atoms with van der Waals surface area (Å²) in [6, 6.07) is 14.5. The Kier molecular flexibility index (Phi) is 5.42. The monoisotopic (exact) mass is 300 g/mol. The summed E-state index contributed by atoms with van der Waals surface area (Å²) < 4.78 is 17.9. The molecular weight excluding hydrogens is 283 g/mol. The summed E-state index contributed by atoms with van der Waals surface area (Å²) in [6.07, 6.45) is 0.591. The lowest BCUT2D eigenvalue weighted by atomic mass is 9.97. The van der Waals surface area contributed by atoms with Crippen molar-refractivity contribution in [3.05, 3.63) is 71.5 Å². The third-order valence-corrected chi connectivity index (χ3v) is 3.41. The van der Waals surface area contributed by atoms with Crippen LogP contribution in [0.15, 0.2) is 54.6 Å². The number of hydrogen-bond acceptors (Lipinski definition) is 3. The number of benzene rings is 2. The number of carbonyl (C=O) groups excluding carboxylic acids is 2. The number of ether oxygens (including phenoxy) is 1. The first kappa shape index (κ1) is 15.9. The van der Waals surface area contributed by atoms with Crippen LogP contribution in [0.5, 0.6) is 0 Å². The van der Waals surface area contributed by atoms with E-state index >= 15 is 0 Å². The average molecular weight is 300 g/mol. The van der Waals surface area contributed by atoms with Crippen molar-refractivity contribution < 1.29 is 18.7 Å². The Hall–Kier alpha value is -2.49. The number of rotatable bonds is 6. The Labute approximate surface area is 128 Å². The summed E-state index contributed by atoms with van der Waals surface area (Å²) in [5.41, 5.74) is 1.19. The normalized spacial score (nSPS) is 11.7. The van der Waals surface area contributed by atoms with Gasteiger partial charge in [-0.25, -0.2) is 4.39 Å². The van der Waals surface area contributed by atoms with E-state index in [2.05, 4.69) is 0 Å². The number of ketones is 1. The van der Waals surface area contributed by atoms with Gasteiger partial charge in [-0.15, -0.1) is 0 Å². The zero-order chi connectivity index (χ0) is 15.9. The molecule has 0 radical (unpaired) electrons. The van der Waals surface area contributed by atoms with Gasteiger partial charge in [0.2, 0.25) is 0 Å². The van der Waals surface area contributed by atoms with E-state index in [1.165, 1.54) is 24.3 Å². The van der Waals surface area contributed by atoms with Crippen molar-refractivity contribution in [2.75, 3.05) is 6.61 Å². The second-order valence-electron chi connectivity index (χ2n) is 4.91. The maximum absolute atomic E-state index is 12.8. The van der Waals surface area contributed by atoms with Gasteiger partial charge in [0.15, 0.2) is 12.4 Å². The number of Topliss-reactive ketones (excluding diaryl/α,β-unsaturated/α-hetero) is 1. The van der Waals surface area contributed by atoms with Gasteiger partial charge in [-0.05, 0) is 36.2 Å². The highest BCUT2D eigenvalue weighted by Crippen LogP contribution is 2.20. The molecular formula is C18H17FO3. The SMILES string of the molecule is CCC(C(=O)OCC(=O)c1ccc(F)cc1)c1ccccc1. The molecule has 0 N–H and O–H groups in total. The Morgan fingerprint density at radius 2 is 1.68 bits per heavy atom. The summed E-state index contributed by atoms with van der Waals surface area (Å²) in [5.74, 6) is -1.58. The van der Waals surface area contributed by atoms with Crippen LogP contribution in [0.1, 0.15) is 35.2 Å². The minimum atomic E-state index is -0.427. The fourth-order valence-corrected chi connectivity index (χ4v) is 2.18. The van der Waals surface area contributed by atoms with E-state index in [1.807, 2.05) is 37.3 Å². The van der Waals surface area contributed by atoms with E-state index in [0.29, 0.717) is 12.0 Å². The van der Waals surface area contributed by atoms with Gasteiger partial charge in [-0.2, -0.15) is 0 Å². The molecule has 0 saturated carbocycles. The van der Waals surface area contributed by atoms with Gasteiger partial charge in [-0.1, -0.05) is 37.3 Å². The van der Waals surface area contributed by atoms with E-state index < -0.39 is 11.8 Å².